The van der Waals surface area contributed by atoms with Gasteiger partial charge in [0.05, 0.1) is 13.0 Å². The number of hydrogen-bond donors (Lipinski definition) is 1. The van der Waals surface area contributed by atoms with E-state index in [2.05, 4.69) is 15.9 Å². The second-order valence-electron chi connectivity index (χ2n) is 3.81. The first-order chi connectivity index (χ1) is 8.50. The number of sulfonamides is 1. The molecule has 0 amide bonds. The predicted octanol–water partition coefficient (Wildman–Crippen LogP) is 2.74. The molecule has 1 rings (SSSR count). The monoisotopic (exact) mass is 361 g/mol. The number of nitrogens with two attached hydrogens (primary N) is 1. The van der Waals surface area contributed by atoms with E-state index in [1.165, 1.54) is 19.1 Å². The maximum atomic E-state index is 12.0. The Morgan fingerprint density at radius 1 is 1.37 bits per heavy atom. The molecule has 4 nitrogen and oxygen atoms in total. The molecule has 0 bridgehead atoms. The summed E-state index contributed by atoms with van der Waals surface area (Å²) >= 11 is 3.08. The van der Waals surface area contributed by atoms with Gasteiger partial charge in [0, 0.05) is 4.47 Å². The van der Waals surface area contributed by atoms with Crippen LogP contribution in [0.3, 0.4) is 0 Å². The highest BCUT2D eigenvalue weighted by Gasteiger charge is 2.27. The molecule has 0 saturated heterocycles. The molecular formula is C10H11BrF3NO3S. The molecule has 0 aromatic heterocycles. The van der Waals surface area contributed by atoms with Gasteiger partial charge in [-0.15, -0.1) is 0 Å². The Bertz CT molecular complexity index is 572. The number of benzene rings is 1. The van der Waals surface area contributed by atoms with E-state index >= 15 is 0 Å². The van der Waals surface area contributed by atoms with Gasteiger partial charge in [0.2, 0.25) is 10.0 Å². The minimum atomic E-state index is -4.37. The number of alkyl halides is 3. The van der Waals surface area contributed by atoms with Crippen molar-refractivity contribution in [1.29, 1.82) is 0 Å². The normalized spacial score (nSPS) is 12.5. The molecule has 2 N–H and O–H groups in total. The van der Waals surface area contributed by atoms with E-state index in [1.807, 2.05) is 0 Å². The van der Waals surface area contributed by atoms with Gasteiger partial charge in [-0.1, -0.05) is 15.9 Å². The largest absolute Gasteiger partial charge is 0.492 e. The summed E-state index contributed by atoms with van der Waals surface area (Å²) < 4.78 is 64.2. The molecule has 108 valence electrons. The third kappa shape index (κ3) is 5.00. The van der Waals surface area contributed by atoms with E-state index in [0.29, 0.717) is 10.0 Å². The van der Waals surface area contributed by atoms with Crippen molar-refractivity contribution in [3.8, 4) is 5.75 Å². The van der Waals surface area contributed by atoms with Crippen molar-refractivity contribution in [3.63, 3.8) is 0 Å². The zero-order valence-corrected chi connectivity index (χ0v) is 12.2. The number of rotatable bonds is 4. The van der Waals surface area contributed by atoms with Crippen molar-refractivity contribution in [3.05, 3.63) is 22.2 Å². The van der Waals surface area contributed by atoms with Crippen LogP contribution < -0.4 is 9.88 Å². The number of primary sulfonamides is 1. The van der Waals surface area contributed by atoms with Gasteiger partial charge in [0.25, 0.3) is 0 Å². The lowest BCUT2D eigenvalue weighted by molar-refractivity contribution is -0.139. The smallest absolute Gasteiger partial charge is 0.392 e. The molecule has 0 radical (unpaired) electrons. The highest BCUT2D eigenvalue weighted by Crippen LogP contribution is 2.31. The summed E-state index contributed by atoms with van der Waals surface area (Å²) in [5.41, 5.74) is 0.376. The van der Waals surface area contributed by atoms with Gasteiger partial charge in [-0.05, 0) is 24.6 Å². The van der Waals surface area contributed by atoms with Gasteiger partial charge in [-0.2, -0.15) is 13.2 Å². The second-order valence-corrected chi connectivity index (χ2v) is 6.25. The van der Waals surface area contributed by atoms with Gasteiger partial charge in [-0.3, -0.25) is 0 Å². The first-order valence-electron chi connectivity index (χ1n) is 5.03. The van der Waals surface area contributed by atoms with Crippen LogP contribution >= 0.6 is 15.9 Å². The second kappa shape index (κ2) is 5.68. The lowest BCUT2D eigenvalue weighted by Crippen LogP contribution is -2.17. The topological polar surface area (TPSA) is 69.4 Å². The van der Waals surface area contributed by atoms with Crippen LogP contribution in [0.2, 0.25) is 0 Å². The lowest BCUT2D eigenvalue weighted by Gasteiger charge is -2.14. The summed E-state index contributed by atoms with van der Waals surface area (Å²) in [6.45, 7) is 0.844. The first-order valence-corrected chi connectivity index (χ1v) is 7.37. The molecular weight excluding hydrogens is 351 g/mol. The Labute approximate surface area is 116 Å². The average molecular weight is 362 g/mol. The molecule has 9 heteroatoms. The van der Waals surface area contributed by atoms with Gasteiger partial charge >= 0.3 is 6.18 Å². The minimum Gasteiger partial charge on any atom is -0.492 e. The zero-order valence-electron chi connectivity index (χ0n) is 9.79. The van der Waals surface area contributed by atoms with Crippen molar-refractivity contribution in [2.24, 2.45) is 5.14 Å². The van der Waals surface area contributed by atoms with Crippen molar-refractivity contribution in [1.82, 2.24) is 0 Å². The Kier molecular flexibility index (Phi) is 4.86. The maximum absolute atomic E-state index is 12.0. The molecule has 0 saturated carbocycles. The fourth-order valence-corrected chi connectivity index (χ4v) is 2.86. The van der Waals surface area contributed by atoms with E-state index in [-0.39, 0.29) is 10.6 Å². The number of halogens is 4. The highest BCUT2D eigenvalue weighted by atomic mass is 79.9. The van der Waals surface area contributed by atoms with E-state index in [0.717, 1.165) is 0 Å². The van der Waals surface area contributed by atoms with Crippen LogP contribution in [0.15, 0.2) is 21.5 Å². The number of hydrogen-bond acceptors (Lipinski definition) is 3. The summed E-state index contributed by atoms with van der Waals surface area (Å²) in [6.07, 6.45) is -5.54. The van der Waals surface area contributed by atoms with Crippen LogP contribution in [0.5, 0.6) is 5.75 Å². The van der Waals surface area contributed by atoms with Crippen molar-refractivity contribution >= 4 is 26.0 Å². The molecule has 0 aliphatic heterocycles. The first kappa shape index (κ1) is 16.3. The van der Waals surface area contributed by atoms with Crippen LogP contribution in [0.1, 0.15) is 12.0 Å². The van der Waals surface area contributed by atoms with Gasteiger partial charge in [0.15, 0.2) is 0 Å². The standard InChI is InChI=1S/C10H11BrF3NO3S/c1-6-4-7(11)5-8(19(15,16)17)9(6)18-3-2-10(12,13)14/h4-5H,2-3H2,1H3,(H2,15,16,17). The van der Waals surface area contributed by atoms with Gasteiger partial charge in [-0.25, -0.2) is 13.6 Å². The van der Waals surface area contributed by atoms with Crippen molar-refractivity contribution in [2.75, 3.05) is 6.61 Å². The SMILES string of the molecule is Cc1cc(Br)cc(S(N)(=O)=O)c1OCCC(F)(F)F. The van der Waals surface area contributed by atoms with E-state index in [4.69, 9.17) is 9.88 Å². The summed E-state index contributed by atoms with van der Waals surface area (Å²) in [5.74, 6) is -0.157. The Morgan fingerprint density at radius 2 is 1.95 bits per heavy atom. The lowest BCUT2D eigenvalue weighted by atomic mass is 10.2. The van der Waals surface area contributed by atoms with Crippen molar-refractivity contribution < 1.29 is 26.3 Å². The number of aryl methyl sites for hydroxylation is 1. The van der Waals surface area contributed by atoms with Crippen LogP contribution in [-0.4, -0.2) is 21.2 Å². The molecule has 0 atom stereocenters. The predicted molar refractivity (Wildman–Crippen MR) is 66.4 cm³/mol. The maximum Gasteiger partial charge on any atom is 0.392 e. The molecule has 0 fully saturated rings. The quantitative estimate of drug-likeness (QED) is 0.896. The van der Waals surface area contributed by atoms with Crippen LogP contribution in [0.25, 0.3) is 0 Å². The highest BCUT2D eigenvalue weighted by molar-refractivity contribution is 9.10. The molecule has 19 heavy (non-hydrogen) atoms. The fraction of sp³-hybridized carbons (Fsp3) is 0.400. The Hall–Kier alpha value is -0.800. The van der Waals surface area contributed by atoms with E-state index < -0.39 is 29.2 Å². The third-order valence-corrected chi connectivity index (χ3v) is 3.52. The zero-order chi connectivity index (χ0) is 14.8. The Balaban J connectivity index is 3.06. The summed E-state index contributed by atoms with van der Waals surface area (Å²) in [6, 6.07) is 2.71. The fourth-order valence-electron chi connectivity index (χ4n) is 1.36. The molecule has 1 aromatic carbocycles. The van der Waals surface area contributed by atoms with Gasteiger partial charge < -0.3 is 4.74 Å². The molecule has 0 aliphatic rings. The van der Waals surface area contributed by atoms with Crippen LogP contribution in [0, 0.1) is 6.92 Å². The minimum absolute atomic E-state index is 0.157. The Morgan fingerprint density at radius 3 is 2.42 bits per heavy atom. The molecule has 0 aliphatic carbocycles. The van der Waals surface area contributed by atoms with E-state index in [1.54, 1.807) is 0 Å². The summed E-state index contributed by atoms with van der Waals surface area (Å²) in [7, 11) is -4.08. The van der Waals surface area contributed by atoms with E-state index in [9.17, 15) is 21.6 Å². The molecule has 1 aromatic rings. The van der Waals surface area contributed by atoms with Crippen molar-refractivity contribution in [2.45, 2.75) is 24.4 Å². The molecule has 0 unspecified atom stereocenters. The summed E-state index contributed by atoms with van der Waals surface area (Å²) in [4.78, 5) is -0.346. The average Bonchev–Trinajstić information content (AvgIpc) is 2.17. The van der Waals surface area contributed by atoms with Gasteiger partial charge in [0.1, 0.15) is 10.6 Å². The molecule has 0 heterocycles. The number of ether oxygens (including phenoxy) is 1. The third-order valence-electron chi connectivity index (χ3n) is 2.14. The van der Waals surface area contributed by atoms with Crippen LogP contribution in [-0.2, 0) is 10.0 Å². The van der Waals surface area contributed by atoms with Crippen LogP contribution in [0.4, 0.5) is 13.2 Å². The molecule has 0 spiro atoms. The summed E-state index contributed by atoms with van der Waals surface area (Å²) in [5, 5.41) is 5.00.